The van der Waals surface area contributed by atoms with Crippen molar-refractivity contribution in [3.8, 4) is 0 Å². The third-order valence-corrected chi connectivity index (χ3v) is 3.04. The molecule has 0 atom stereocenters. The van der Waals surface area contributed by atoms with Crippen molar-refractivity contribution >= 4 is 5.91 Å². The molecule has 92 valence electrons. The second kappa shape index (κ2) is 5.68. The predicted molar refractivity (Wildman–Crippen MR) is 68.0 cm³/mol. The van der Waals surface area contributed by atoms with E-state index in [-0.39, 0.29) is 5.91 Å². The standard InChI is InChI=1S/C13H19N3O/c1-2-16-9-3-4-12(16)13(17)15-10-11-5-7-14-8-6-11/h3-5,9,14H,2,6-8,10H2,1H3,(H,15,17). The largest absolute Gasteiger partial charge is 0.347 e. The SMILES string of the molecule is CCn1cccc1C(=O)NCC1=CCNCC1. The van der Waals surface area contributed by atoms with E-state index >= 15 is 0 Å². The zero-order valence-electron chi connectivity index (χ0n) is 10.2. The summed E-state index contributed by atoms with van der Waals surface area (Å²) in [5.74, 6) is 0.0104. The number of carbonyl (C=O) groups excluding carboxylic acids is 1. The molecule has 1 aromatic heterocycles. The molecule has 4 nitrogen and oxygen atoms in total. The molecule has 0 aliphatic carbocycles. The Bertz CT molecular complexity index is 420. The van der Waals surface area contributed by atoms with Crippen LogP contribution in [0.5, 0.6) is 0 Å². The van der Waals surface area contributed by atoms with E-state index in [1.165, 1.54) is 5.57 Å². The van der Waals surface area contributed by atoms with Crippen molar-refractivity contribution in [1.29, 1.82) is 0 Å². The molecule has 17 heavy (non-hydrogen) atoms. The minimum absolute atomic E-state index is 0.0104. The average molecular weight is 233 g/mol. The zero-order valence-corrected chi connectivity index (χ0v) is 10.2. The normalized spacial score (nSPS) is 15.5. The number of carbonyl (C=O) groups is 1. The lowest BCUT2D eigenvalue weighted by atomic mass is 10.1. The highest BCUT2D eigenvalue weighted by Gasteiger charge is 2.10. The van der Waals surface area contributed by atoms with Crippen molar-refractivity contribution in [1.82, 2.24) is 15.2 Å². The maximum absolute atomic E-state index is 12.0. The van der Waals surface area contributed by atoms with Crippen LogP contribution >= 0.6 is 0 Å². The summed E-state index contributed by atoms with van der Waals surface area (Å²) in [6.07, 6.45) is 5.11. The zero-order chi connectivity index (χ0) is 12.1. The smallest absolute Gasteiger partial charge is 0.268 e. The van der Waals surface area contributed by atoms with Crippen LogP contribution in [0.3, 0.4) is 0 Å². The molecule has 0 saturated heterocycles. The number of hydrogen-bond donors (Lipinski definition) is 2. The van der Waals surface area contributed by atoms with Gasteiger partial charge in [-0.05, 0) is 32.0 Å². The molecule has 1 aromatic rings. The molecule has 2 rings (SSSR count). The summed E-state index contributed by atoms with van der Waals surface area (Å²) >= 11 is 0. The van der Waals surface area contributed by atoms with Gasteiger partial charge in [0, 0.05) is 25.8 Å². The molecule has 2 N–H and O–H groups in total. The molecule has 0 spiro atoms. The van der Waals surface area contributed by atoms with Gasteiger partial charge in [0.25, 0.3) is 5.91 Å². The quantitative estimate of drug-likeness (QED) is 0.767. The van der Waals surface area contributed by atoms with E-state index in [2.05, 4.69) is 16.7 Å². The van der Waals surface area contributed by atoms with E-state index in [1.807, 2.05) is 29.8 Å². The van der Waals surface area contributed by atoms with Crippen LogP contribution in [0.25, 0.3) is 0 Å². The van der Waals surface area contributed by atoms with Crippen LogP contribution in [0.4, 0.5) is 0 Å². The van der Waals surface area contributed by atoms with Crippen LogP contribution in [-0.4, -0.2) is 30.1 Å². The Morgan fingerprint density at radius 1 is 1.59 bits per heavy atom. The third-order valence-electron chi connectivity index (χ3n) is 3.04. The van der Waals surface area contributed by atoms with Gasteiger partial charge in [0.1, 0.15) is 5.69 Å². The number of nitrogens with one attached hydrogen (secondary N) is 2. The number of aromatic nitrogens is 1. The summed E-state index contributed by atoms with van der Waals surface area (Å²) in [5, 5.41) is 6.23. The van der Waals surface area contributed by atoms with Crippen molar-refractivity contribution in [3.05, 3.63) is 35.7 Å². The molecule has 0 aromatic carbocycles. The van der Waals surface area contributed by atoms with Gasteiger partial charge in [0.15, 0.2) is 0 Å². The van der Waals surface area contributed by atoms with Crippen molar-refractivity contribution < 1.29 is 4.79 Å². The highest BCUT2D eigenvalue weighted by Crippen LogP contribution is 2.05. The Balaban J connectivity index is 1.91. The Morgan fingerprint density at radius 2 is 2.47 bits per heavy atom. The van der Waals surface area contributed by atoms with Gasteiger partial charge < -0.3 is 15.2 Å². The van der Waals surface area contributed by atoms with Gasteiger partial charge in [0.05, 0.1) is 0 Å². The van der Waals surface area contributed by atoms with Crippen molar-refractivity contribution in [2.75, 3.05) is 19.6 Å². The molecule has 1 amide bonds. The lowest BCUT2D eigenvalue weighted by Crippen LogP contribution is -2.30. The monoisotopic (exact) mass is 233 g/mol. The maximum atomic E-state index is 12.0. The lowest BCUT2D eigenvalue weighted by Gasteiger charge is -2.15. The molecule has 1 aliphatic heterocycles. The lowest BCUT2D eigenvalue weighted by molar-refractivity contribution is 0.0947. The van der Waals surface area contributed by atoms with Crippen LogP contribution in [0.15, 0.2) is 30.0 Å². The molecule has 0 saturated carbocycles. The van der Waals surface area contributed by atoms with Gasteiger partial charge in [-0.25, -0.2) is 0 Å². The van der Waals surface area contributed by atoms with Gasteiger partial charge in [-0.15, -0.1) is 0 Å². The Morgan fingerprint density at radius 3 is 3.18 bits per heavy atom. The van der Waals surface area contributed by atoms with Gasteiger partial charge in [-0.1, -0.05) is 11.6 Å². The summed E-state index contributed by atoms with van der Waals surface area (Å²) in [4.78, 5) is 12.0. The predicted octanol–water partition coefficient (Wildman–Crippen LogP) is 1.16. The second-order valence-corrected chi connectivity index (χ2v) is 4.18. The third kappa shape index (κ3) is 2.97. The summed E-state index contributed by atoms with van der Waals surface area (Å²) in [5.41, 5.74) is 2.05. The first-order chi connectivity index (χ1) is 8.31. The van der Waals surface area contributed by atoms with Crippen molar-refractivity contribution in [3.63, 3.8) is 0 Å². The first-order valence-electron chi connectivity index (χ1n) is 6.13. The molecule has 2 heterocycles. The van der Waals surface area contributed by atoms with Crippen LogP contribution in [0, 0.1) is 0 Å². The van der Waals surface area contributed by atoms with E-state index < -0.39 is 0 Å². The van der Waals surface area contributed by atoms with Crippen LogP contribution in [0.2, 0.25) is 0 Å². The number of aryl methyl sites for hydroxylation is 1. The van der Waals surface area contributed by atoms with Gasteiger partial charge >= 0.3 is 0 Å². The average Bonchev–Trinajstić information content (AvgIpc) is 2.85. The Labute approximate surface area is 102 Å². The van der Waals surface area contributed by atoms with E-state index in [1.54, 1.807) is 0 Å². The fourth-order valence-corrected chi connectivity index (χ4v) is 2.01. The number of rotatable bonds is 4. The summed E-state index contributed by atoms with van der Waals surface area (Å²) in [6.45, 7) is 5.44. The Hall–Kier alpha value is -1.55. The number of nitrogens with zero attached hydrogens (tertiary/aromatic N) is 1. The van der Waals surface area contributed by atoms with Crippen LogP contribution in [0.1, 0.15) is 23.8 Å². The highest BCUT2D eigenvalue weighted by atomic mass is 16.1. The van der Waals surface area contributed by atoms with Gasteiger partial charge in [0.2, 0.25) is 0 Å². The minimum Gasteiger partial charge on any atom is -0.347 e. The van der Waals surface area contributed by atoms with Gasteiger partial charge in [-0.3, -0.25) is 4.79 Å². The molecule has 0 radical (unpaired) electrons. The fraction of sp³-hybridized carbons (Fsp3) is 0.462. The van der Waals surface area contributed by atoms with Crippen LogP contribution < -0.4 is 10.6 Å². The van der Waals surface area contributed by atoms with E-state index in [0.717, 1.165) is 31.7 Å². The van der Waals surface area contributed by atoms with Crippen molar-refractivity contribution in [2.45, 2.75) is 19.9 Å². The Kier molecular flexibility index (Phi) is 3.98. The van der Waals surface area contributed by atoms with Gasteiger partial charge in [-0.2, -0.15) is 0 Å². The first kappa shape index (κ1) is 11.9. The molecular formula is C13H19N3O. The summed E-state index contributed by atoms with van der Waals surface area (Å²) < 4.78 is 1.95. The first-order valence-corrected chi connectivity index (χ1v) is 6.13. The molecule has 0 bridgehead atoms. The van der Waals surface area contributed by atoms with Crippen LogP contribution in [-0.2, 0) is 6.54 Å². The van der Waals surface area contributed by atoms with E-state index in [0.29, 0.717) is 6.54 Å². The topological polar surface area (TPSA) is 46.1 Å². The molecular weight excluding hydrogens is 214 g/mol. The van der Waals surface area contributed by atoms with Crippen molar-refractivity contribution in [2.24, 2.45) is 0 Å². The summed E-state index contributed by atoms with van der Waals surface area (Å²) in [7, 11) is 0. The summed E-state index contributed by atoms with van der Waals surface area (Å²) in [6, 6.07) is 3.76. The second-order valence-electron chi connectivity index (χ2n) is 4.18. The van der Waals surface area contributed by atoms with E-state index in [4.69, 9.17) is 0 Å². The highest BCUT2D eigenvalue weighted by molar-refractivity contribution is 5.92. The maximum Gasteiger partial charge on any atom is 0.268 e. The molecule has 1 aliphatic rings. The molecule has 0 fully saturated rings. The van der Waals surface area contributed by atoms with E-state index in [9.17, 15) is 4.79 Å². The molecule has 0 unspecified atom stereocenters. The molecule has 4 heteroatoms. The number of hydrogen-bond acceptors (Lipinski definition) is 2. The number of amides is 1. The fourth-order valence-electron chi connectivity index (χ4n) is 2.01. The minimum atomic E-state index is 0.0104.